The summed E-state index contributed by atoms with van der Waals surface area (Å²) < 4.78 is 6.26. The number of nitrogens with one attached hydrogen (secondary N) is 3. The minimum Gasteiger partial charge on any atom is -0.497 e. The maximum Gasteiger partial charge on any atom is 0.189 e. The van der Waals surface area contributed by atoms with Gasteiger partial charge in [-0.2, -0.15) is 0 Å². The number of ether oxygens (including phenoxy) is 1. The number of anilines is 4. The third-order valence-corrected chi connectivity index (χ3v) is 4.19. The van der Waals surface area contributed by atoms with E-state index in [9.17, 15) is 0 Å². The molecule has 0 spiro atoms. The second-order valence-corrected chi connectivity index (χ2v) is 7.49. The van der Waals surface area contributed by atoms with Crippen LogP contribution in [0.1, 0.15) is 20.8 Å². The van der Waals surface area contributed by atoms with Crippen molar-refractivity contribution >= 4 is 44.0 Å². The molecule has 8 nitrogen and oxygen atoms in total. The highest BCUT2D eigenvalue weighted by atomic mass is 32.1. The predicted molar refractivity (Wildman–Crippen MR) is 102 cm³/mol. The Bertz CT molecular complexity index is 888. The molecule has 0 unspecified atom stereocenters. The number of hydrogen-bond acceptors (Lipinski definition) is 9. The van der Waals surface area contributed by atoms with Crippen LogP contribution in [0.4, 0.5) is 22.5 Å². The van der Waals surface area contributed by atoms with Crippen LogP contribution in [0.3, 0.4) is 0 Å². The Labute approximate surface area is 149 Å². The van der Waals surface area contributed by atoms with Crippen LogP contribution in [0.2, 0.25) is 0 Å². The number of thiazole rings is 1. The zero-order chi connectivity index (χ0) is 18.0. The number of aromatic nitrogens is 3. The molecule has 0 fully saturated rings. The van der Waals surface area contributed by atoms with Crippen LogP contribution in [-0.2, 0) is 0 Å². The topological polar surface area (TPSA) is 110 Å². The first kappa shape index (κ1) is 17.2. The van der Waals surface area contributed by atoms with Crippen LogP contribution in [-0.4, -0.2) is 27.6 Å². The van der Waals surface area contributed by atoms with E-state index < -0.39 is 0 Å². The Balaban J connectivity index is 1.83. The van der Waals surface area contributed by atoms with E-state index in [1.807, 2.05) is 39.0 Å². The van der Waals surface area contributed by atoms with Crippen molar-refractivity contribution in [3.8, 4) is 5.75 Å². The minimum atomic E-state index is -0.128. The van der Waals surface area contributed by atoms with E-state index in [1.54, 1.807) is 7.11 Å². The fourth-order valence-corrected chi connectivity index (χ4v) is 2.92. The first-order valence-electron chi connectivity index (χ1n) is 7.71. The zero-order valence-electron chi connectivity index (χ0n) is 14.5. The number of nitrogens with two attached hydrogens (primary N) is 1. The Kier molecular flexibility index (Phi) is 4.60. The van der Waals surface area contributed by atoms with Gasteiger partial charge in [-0.05, 0) is 39.0 Å². The van der Waals surface area contributed by atoms with Crippen molar-refractivity contribution in [3.05, 3.63) is 24.5 Å². The second kappa shape index (κ2) is 6.69. The lowest BCUT2D eigenvalue weighted by atomic mass is 10.1. The largest absolute Gasteiger partial charge is 0.497 e. The predicted octanol–water partition coefficient (Wildman–Crippen LogP) is 3.14. The average molecular weight is 359 g/mol. The van der Waals surface area contributed by atoms with E-state index in [1.165, 1.54) is 17.7 Å². The van der Waals surface area contributed by atoms with Crippen LogP contribution < -0.4 is 26.6 Å². The number of nitrogens with zero attached hydrogens (tertiary/aromatic N) is 3. The summed E-state index contributed by atoms with van der Waals surface area (Å²) in [5.41, 5.74) is 13.5. The standard InChI is InChI=1S/C16H21N7OS/c1-16(2,3)23-22-14-12(17)13(18-8-19-14)21-15-20-10-6-5-9(24-4)7-11(10)25-15/h5-8,23H,17H2,1-4H3,(H2,18,19,20,21,22). The van der Waals surface area contributed by atoms with E-state index in [0.29, 0.717) is 22.5 Å². The Hall–Kier alpha value is -2.65. The average Bonchev–Trinajstić information content (AvgIpc) is 2.96. The molecule has 0 aliphatic rings. The molecule has 0 atom stereocenters. The van der Waals surface area contributed by atoms with Gasteiger partial charge in [-0.25, -0.2) is 20.4 Å². The molecule has 9 heteroatoms. The van der Waals surface area contributed by atoms with Crippen LogP contribution in [0.25, 0.3) is 10.2 Å². The molecule has 0 aliphatic carbocycles. The fourth-order valence-electron chi connectivity index (χ4n) is 2.03. The molecule has 0 amide bonds. The molecule has 0 saturated heterocycles. The monoisotopic (exact) mass is 359 g/mol. The summed E-state index contributed by atoms with van der Waals surface area (Å²) in [7, 11) is 1.64. The summed E-state index contributed by atoms with van der Waals surface area (Å²) in [5.74, 6) is 1.80. The maximum absolute atomic E-state index is 6.17. The Morgan fingerprint density at radius 1 is 1.16 bits per heavy atom. The van der Waals surface area contributed by atoms with Crippen LogP contribution in [0.5, 0.6) is 5.75 Å². The first-order valence-corrected chi connectivity index (χ1v) is 8.52. The zero-order valence-corrected chi connectivity index (χ0v) is 15.4. The second-order valence-electron chi connectivity index (χ2n) is 6.46. The van der Waals surface area contributed by atoms with Crippen LogP contribution in [0.15, 0.2) is 24.5 Å². The molecule has 2 aromatic heterocycles. The molecule has 5 N–H and O–H groups in total. The van der Waals surface area contributed by atoms with Crippen molar-refractivity contribution in [3.63, 3.8) is 0 Å². The van der Waals surface area contributed by atoms with E-state index in [4.69, 9.17) is 10.5 Å². The number of rotatable bonds is 5. The third-order valence-electron chi connectivity index (χ3n) is 3.26. The lowest BCUT2D eigenvalue weighted by Crippen LogP contribution is -2.40. The third kappa shape index (κ3) is 4.06. The quantitative estimate of drug-likeness (QED) is 0.514. The summed E-state index contributed by atoms with van der Waals surface area (Å²) in [5, 5.41) is 3.86. The Morgan fingerprint density at radius 3 is 2.64 bits per heavy atom. The van der Waals surface area contributed by atoms with Gasteiger partial charge in [0.25, 0.3) is 0 Å². The number of nitrogen functional groups attached to an aromatic ring is 1. The number of fused-ring (bicyclic) bond motifs is 1. The van der Waals surface area contributed by atoms with Gasteiger partial charge in [-0.15, -0.1) is 0 Å². The number of benzene rings is 1. The summed E-state index contributed by atoms with van der Waals surface area (Å²) >= 11 is 1.50. The summed E-state index contributed by atoms with van der Waals surface area (Å²) in [6.45, 7) is 6.10. The molecule has 2 heterocycles. The lowest BCUT2D eigenvalue weighted by molar-refractivity contribution is 0.415. The molecule has 3 rings (SSSR count). The van der Waals surface area contributed by atoms with Crippen molar-refractivity contribution in [2.75, 3.05) is 23.6 Å². The molecule has 0 aliphatic heterocycles. The highest BCUT2D eigenvalue weighted by Gasteiger charge is 2.14. The molecule has 0 bridgehead atoms. The van der Waals surface area contributed by atoms with Gasteiger partial charge in [0.05, 0.1) is 17.3 Å². The lowest BCUT2D eigenvalue weighted by Gasteiger charge is -2.22. The molecule has 132 valence electrons. The SMILES string of the molecule is COc1ccc2nc(Nc3ncnc(NNC(C)(C)C)c3N)sc2c1. The van der Waals surface area contributed by atoms with Gasteiger partial charge >= 0.3 is 0 Å². The normalized spacial score (nSPS) is 11.5. The summed E-state index contributed by atoms with van der Waals surface area (Å²) in [6, 6.07) is 5.74. The van der Waals surface area contributed by atoms with E-state index in [2.05, 4.69) is 31.1 Å². The molecule has 0 saturated carbocycles. The molecule has 3 aromatic rings. The van der Waals surface area contributed by atoms with Crippen LogP contribution in [0, 0.1) is 0 Å². The summed E-state index contributed by atoms with van der Waals surface area (Å²) in [6.07, 6.45) is 1.45. The van der Waals surface area contributed by atoms with E-state index in [-0.39, 0.29) is 5.54 Å². The van der Waals surface area contributed by atoms with Gasteiger partial charge in [0.15, 0.2) is 16.8 Å². The minimum absolute atomic E-state index is 0.128. The molecule has 25 heavy (non-hydrogen) atoms. The number of hydrogen-bond donors (Lipinski definition) is 4. The first-order chi connectivity index (χ1) is 11.9. The summed E-state index contributed by atoms with van der Waals surface area (Å²) in [4.78, 5) is 12.9. The smallest absolute Gasteiger partial charge is 0.189 e. The van der Waals surface area contributed by atoms with Crippen molar-refractivity contribution in [1.82, 2.24) is 20.4 Å². The number of methoxy groups -OCH3 is 1. The fraction of sp³-hybridized carbons (Fsp3) is 0.312. The van der Waals surface area contributed by atoms with Crippen molar-refractivity contribution in [2.45, 2.75) is 26.3 Å². The number of hydrazine groups is 1. The van der Waals surface area contributed by atoms with Crippen LogP contribution >= 0.6 is 11.3 Å². The van der Waals surface area contributed by atoms with Gasteiger partial charge in [-0.1, -0.05) is 11.3 Å². The van der Waals surface area contributed by atoms with E-state index in [0.717, 1.165) is 16.0 Å². The van der Waals surface area contributed by atoms with Gasteiger partial charge in [0, 0.05) is 5.54 Å². The molecular weight excluding hydrogens is 338 g/mol. The maximum atomic E-state index is 6.17. The van der Waals surface area contributed by atoms with Gasteiger partial charge < -0.3 is 21.2 Å². The highest BCUT2D eigenvalue weighted by molar-refractivity contribution is 7.22. The van der Waals surface area contributed by atoms with Gasteiger partial charge in [0.1, 0.15) is 17.8 Å². The highest BCUT2D eigenvalue weighted by Crippen LogP contribution is 2.32. The van der Waals surface area contributed by atoms with Crippen molar-refractivity contribution in [1.29, 1.82) is 0 Å². The van der Waals surface area contributed by atoms with Crippen molar-refractivity contribution in [2.24, 2.45) is 0 Å². The molecular formula is C16H21N7OS. The van der Waals surface area contributed by atoms with Gasteiger partial charge in [-0.3, -0.25) is 0 Å². The van der Waals surface area contributed by atoms with Gasteiger partial charge in [0.2, 0.25) is 0 Å². The van der Waals surface area contributed by atoms with Crippen molar-refractivity contribution < 1.29 is 4.74 Å². The molecule has 1 aromatic carbocycles. The molecule has 0 radical (unpaired) electrons. The Morgan fingerprint density at radius 2 is 1.92 bits per heavy atom. The van der Waals surface area contributed by atoms with E-state index >= 15 is 0 Å².